The van der Waals surface area contributed by atoms with Crippen LogP contribution in [0.15, 0.2) is 23.2 Å². The summed E-state index contributed by atoms with van der Waals surface area (Å²) in [6.07, 6.45) is 2.93. The molecule has 0 radical (unpaired) electrons. The van der Waals surface area contributed by atoms with Gasteiger partial charge >= 0.3 is 0 Å². The lowest BCUT2D eigenvalue weighted by atomic mass is 10.2. The van der Waals surface area contributed by atoms with E-state index in [9.17, 15) is 8.42 Å². The van der Waals surface area contributed by atoms with Crippen molar-refractivity contribution in [1.82, 2.24) is 9.71 Å². The molecular weight excluding hydrogens is 270 g/mol. The number of pyridine rings is 1. The standard InChI is InChI=1S/C11H13N3O2S2/c12-7-10-1-2-11(8-13-10)18(15,16)14-9-3-5-17-6-4-9/h1-2,8-9,14H,3-6H2. The van der Waals surface area contributed by atoms with E-state index in [1.54, 1.807) is 0 Å². The Hall–Kier alpha value is -1.10. The van der Waals surface area contributed by atoms with Gasteiger partial charge in [0, 0.05) is 12.2 Å². The number of hydrogen-bond acceptors (Lipinski definition) is 5. The summed E-state index contributed by atoms with van der Waals surface area (Å²) in [7, 11) is -3.52. The molecule has 1 fully saturated rings. The molecule has 0 unspecified atom stereocenters. The van der Waals surface area contributed by atoms with Gasteiger partial charge in [-0.3, -0.25) is 0 Å². The predicted octanol–water partition coefficient (Wildman–Crippen LogP) is 1.13. The van der Waals surface area contributed by atoms with E-state index < -0.39 is 10.0 Å². The molecular formula is C11H13N3O2S2. The minimum Gasteiger partial charge on any atom is -0.244 e. The second kappa shape index (κ2) is 5.69. The fraction of sp³-hybridized carbons (Fsp3) is 0.455. The third-order valence-corrected chi connectivity index (χ3v) is 5.26. The number of sulfonamides is 1. The number of nitriles is 1. The fourth-order valence-corrected chi connectivity index (χ4v) is 4.06. The SMILES string of the molecule is N#Cc1ccc(S(=O)(=O)NC2CCSCC2)cn1. The number of aromatic nitrogens is 1. The summed E-state index contributed by atoms with van der Waals surface area (Å²) in [6, 6.07) is 4.68. The maximum Gasteiger partial charge on any atom is 0.242 e. The van der Waals surface area contributed by atoms with Gasteiger partial charge in [-0.1, -0.05) is 0 Å². The van der Waals surface area contributed by atoms with Gasteiger partial charge in [0.05, 0.1) is 0 Å². The smallest absolute Gasteiger partial charge is 0.242 e. The predicted molar refractivity (Wildman–Crippen MR) is 69.6 cm³/mol. The first-order valence-corrected chi connectivity index (χ1v) is 8.22. The Morgan fingerprint density at radius 2 is 2.11 bits per heavy atom. The monoisotopic (exact) mass is 283 g/mol. The first-order valence-electron chi connectivity index (χ1n) is 5.58. The summed E-state index contributed by atoms with van der Waals surface area (Å²) in [6.45, 7) is 0. The highest BCUT2D eigenvalue weighted by Gasteiger charge is 2.22. The largest absolute Gasteiger partial charge is 0.244 e. The van der Waals surface area contributed by atoms with Crippen molar-refractivity contribution in [2.24, 2.45) is 0 Å². The quantitative estimate of drug-likeness (QED) is 0.899. The molecule has 7 heteroatoms. The third-order valence-electron chi connectivity index (χ3n) is 2.70. The summed E-state index contributed by atoms with van der Waals surface area (Å²) in [5.41, 5.74) is 0.211. The molecule has 0 spiro atoms. The van der Waals surface area contributed by atoms with Crippen LogP contribution in [0.25, 0.3) is 0 Å². The minimum absolute atomic E-state index is 0.00638. The zero-order valence-electron chi connectivity index (χ0n) is 9.67. The van der Waals surface area contributed by atoms with Crippen LogP contribution in [-0.4, -0.2) is 30.9 Å². The van der Waals surface area contributed by atoms with E-state index in [-0.39, 0.29) is 16.6 Å². The van der Waals surface area contributed by atoms with Crippen LogP contribution in [0.5, 0.6) is 0 Å². The molecule has 0 saturated carbocycles. The highest BCUT2D eigenvalue weighted by Crippen LogP contribution is 2.19. The van der Waals surface area contributed by atoms with Crippen LogP contribution in [0.3, 0.4) is 0 Å². The Morgan fingerprint density at radius 1 is 1.39 bits per heavy atom. The van der Waals surface area contributed by atoms with Gasteiger partial charge in [-0.05, 0) is 36.5 Å². The molecule has 1 aromatic heterocycles. The molecule has 0 bridgehead atoms. The van der Waals surface area contributed by atoms with Crippen molar-refractivity contribution >= 4 is 21.8 Å². The lowest BCUT2D eigenvalue weighted by Crippen LogP contribution is -2.37. The summed E-state index contributed by atoms with van der Waals surface area (Å²) < 4.78 is 26.8. The van der Waals surface area contributed by atoms with Crippen LogP contribution in [-0.2, 0) is 10.0 Å². The van der Waals surface area contributed by atoms with Crippen molar-refractivity contribution < 1.29 is 8.42 Å². The Bertz CT molecular complexity index is 543. The van der Waals surface area contributed by atoms with E-state index in [2.05, 4.69) is 9.71 Å². The molecule has 0 atom stereocenters. The van der Waals surface area contributed by atoms with E-state index in [1.165, 1.54) is 18.3 Å². The van der Waals surface area contributed by atoms with E-state index in [0.717, 1.165) is 24.3 Å². The first-order chi connectivity index (χ1) is 8.62. The van der Waals surface area contributed by atoms with E-state index in [1.807, 2.05) is 17.8 Å². The average Bonchev–Trinajstić information content (AvgIpc) is 2.39. The Morgan fingerprint density at radius 3 is 2.67 bits per heavy atom. The minimum atomic E-state index is -3.52. The first kappa shape index (κ1) is 13.3. The molecule has 2 rings (SSSR count). The topological polar surface area (TPSA) is 82.8 Å². The van der Waals surface area contributed by atoms with Gasteiger partial charge in [0.2, 0.25) is 10.0 Å². The van der Waals surface area contributed by atoms with Crippen molar-refractivity contribution in [3.8, 4) is 6.07 Å². The van der Waals surface area contributed by atoms with E-state index in [4.69, 9.17) is 5.26 Å². The van der Waals surface area contributed by atoms with Gasteiger partial charge in [0.15, 0.2) is 0 Å². The molecule has 1 saturated heterocycles. The molecule has 18 heavy (non-hydrogen) atoms. The van der Waals surface area contributed by atoms with Crippen molar-refractivity contribution in [2.45, 2.75) is 23.8 Å². The number of thioether (sulfide) groups is 1. The zero-order chi connectivity index (χ0) is 13.0. The number of rotatable bonds is 3. The fourth-order valence-electron chi connectivity index (χ4n) is 1.71. The Labute approximate surface area is 111 Å². The zero-order valence-corrected chi connectivity index (χ0v) is 11.3. The van der Waals surface area contributed by atoms with Crippen LogP contribution in [0, 0.1) is 11.3 Å². The van der Waals surface area contributed by atoms with Gasteiger partial charge in [0.25, 0.3) is 0 Å². The second-order valence-corrected chi connectivity index (χ2v) is 6.94. The van der Waals surface area contributed by atoms with Gasteiger partial charge in [-0.15, -0.1) is 0 Å². The molecule has 2 heterocycles. The van der Waals surface area contributed by atoms with E-state index in [0.29, 0.717) is 0 Å². The van der Waals surface area contributed by atoms with Crippen LogP contribution >= 0.6 is 11.8 Å². The molecule has 1 N–H and O–H groups in total. The average molecular weight is 283 g/mol. The van der Waals surface area contributed by atoms with Crippen molar-refractivity contribution in [2.75, 3.05) is 11.5 Å². The van der Waals surface area contributed by atoms with Crippen LogP contribution in [0.1, 0.15) is 18.5 Å². The molecule has 0 aromatic carbocycles. The van der Waals surface area contributed by atoms with Crippen molar-refractivity contribution in [1.29, 1.82) is 5.26 Å². The van der Waals surface area contributed by atoms with E-state index >= 15 is 0 Å². The normalized spacial score (nSPS) is 17.3. The molecule has 0 aliphatic carbocycles. The molecule has 1 aliphatic heterocycles. The molecule has 0 amide bonds. The van der Waals surface area contributed by atoms with Gasteiger partial charge in [0.1, 0.15) is 16.7 Å². The number of hydrogen-bond donors (Lipinski definition) is 1. The lowest BCUT2D eigenvalue weighted by molar-refractivity contribution is 0.528. The molecule has 1 aliphatic rings. The lowest BCUT2D eigenvalue weighted by Gasteiger charge is -2.22. The highest BCUT2D eigenvalue weighted by atomic mass is 32.2. The van der Waals surface area contributed by atoms with Gasteiger partial charge in [-0.2, -0.15) is 17.0 Å². The van der Waals surface area contributed by atoms with Crippen molar-refractivity contribution in [3.63, 3.8) is 0 Å². The molecule has 1 aromatic rings. The van der Waals surface area contributed by atoms with Gasteiger partial charge in [-0.25, -0.2) is 18.1 Å². The molecule has 5 nitrogen and oxygen atoms in total. The summed E-state index contributed by atoms with van der Waals surface area (Å²) in [5.74, 6) is 1.97. The van der Waals surface area contributed by atoms with Crippen LogP contribution < -0.4 is 4.72 Å². The molecule has 96 valence electrons. The highest BCUT2D eigenvalue weighted by molar-refractivity contribution is 7.99. The maximum atomic E-state index is 12.1. The maximum absolute atomic E-state index is 12.1. The third kappa shape index (κ3) is 3.22. The summed E-state index contributed by atoms with van der Waals surface area (Å²) in [4.78, 5) is 3.88. The van der Waals surface area contributed by atoms with Gasteiger partial charge < -0.3 is 0 Å². The number of nitrogens with one attached hydrogen (secondary N) is 1. The summed E-state index contributed by atoms with van der Waals surface area (Å²) in [5, 5.41) is 8.61. The number of nitrogens with zero attached hydrogens (tertiary/aromatic N) is 2. The van der Waals surface area contributed by atoms with Crippen LogP contribution in [0.4, 0.5) is 0 Å². The Balaban J connectivity index is 2.12. The van der Waals surface area contributed by atoms with Crippen molar-refractivity contribution in [3.05, 3.63) is 24.0 Å². The second-order valence-electron chi connectivity index (χ2n) is 4.00. The Kier molecular flexibility index (Phi) is 4.22. The van der Waals surface area contributed by atoms with Crippen LogP contribution in [0.2, 0.25) is 0 Å². The summed E-state index contributed by atoms with van der Waals surface area (Å²) >= 11 is 1.84.